The van der Waals surface area contributed by atoms with Gasteiger partial charge in [0.25, 0.3) is 10.0 Å². The number of rotatable bonds is 6. The summed E-state index contributed by atoms with van der Waals surface area (Å²) in [6, 6.07) is 25.6. The van der Waals surface area contributed by atoms with Gasteiger partial charge in [0, 0.05) is 29.0 Å². The van der Waals surface area contributed by atoms with Gasteiger partial charge in [-0.3, -0.25) is 9.71 Å². The van der Waals surface area contributed by atoms with Gasteiger partial charge in [0.05, 0.1) is 22.3 Å². The van der Waals surface area contributed by atoms with Crippen molar-refractivity contribution in [3.05, 3.63) is 103 Å². The minimum atomic E-state index is -3.79. The average molecular weight is 456 g/mol. The summed E-state index contributed by atoms with van der Waals surface area (Å²) in [4.78, 5) is 4.56. The van der Waals surface area contributed by atoms with Gasteiger partial charge in [-0.25, -0.2) is 13.1 Å². The van der Waals surface area contributed by atoms with Crippen LogP contribution in [0.5, 0.6) is 0 Å². The molecule has 0 aliphatic rings. The number of aromatic nitrogens is 3. The zero-order chi connectivity index (χ0) is 22.8. The van der Waals surface area contributed by atoms with E-state index < -0.39 is 10.0 Å². The van der Waals surface area contributed by atoms with Crippen molar-refractivity contribution in [3.63, 3.8) is 0 Å². The van der Waals surface area contributed by atoms with E-state index >= 15 is 0 Å². The second-order valence-corrected chi connectivity index (χ2v) is 9.28. The molecule has 5 aromatic rings. The normalized spacial score (nSPS) is 11.4. The number of aryl methyl sites for hydroxylation is 1. The Morgan fingerprint density at radius 3 is 2.42 bits per heavy atom. The van der Waals surface area contributed by atoms with Gasteiger partial charge in [0.1, 0.15) is 5.82 Å². The van der Waals surface area contributed by atoms with Crippen LogP contribution in [0.15, 0.2) is 102 Å². The third-order valence-corrected chi connectivity index (χ3v) is 6.59. The first-order valence-electron chi connectivity index (χ1n) is 10.3. The molecule has 0 bridgehead atoms. The summed E-state index contributed by atoms with van der Waals surface area (Å²) in [6.45, 7) is 2.03. The molecule has 3 aromatic carbocycles. The van der Waals surface area contributed by atoms with Crippen LogP contribution >= 0.6 is 0 Å². The van der Waals surface area contributed by atoms with Crippen LogP contribution in [-0.2, 0) is 10.0 Å². The predicted octanol–water partition coefficient (Wildman–Crippen LogP) is 5.27. The SMILES string of the molecule is Cc1ccc2nccc(Nc3ccc(S(=O)(=O)Nc4ccnn4-c4ccccc4)cc3)c2c1. The van der Waals surface area contributed by atoms with Crippen LogP contribution in [0.2, 0.25) is 0 Å². The molecule has 0 saturated carbocycles. The summed E-state index contributed by atoms with van der Waals surface area (Å²) >= 11 is 0. The van der Waals surface area contributed by atoms with E-state index in [2.05, 4.69) is 26.2 Å². The molecule has 0 aliphatic heterocycles. The third kappa shape index (κ3) is 4.28. The topological polar surface area (TPSA) is 88.9 Å². The Kier molecular flexibility index (Phi) is 5.27. The largest absolute Gasteiger partial charge is 0.355 e. The van der Waals surface area contributed by atoms with Gasteiger partial charge in [-0.2, -0.15) is 5.10 Å². The molecule has 8 heteroatoms. The number of anilines is 3. The van der Waals surface area contributed by atoms with Gasteiger partial charge in [0.2, 0.25) is 0 Å². The quantitative estimate of drug-likeness (QED) is 0.364. The van der Waals surface area contributed by atoms with E-state index in [0.717, 1.165) is 33.5 Å². The molecule has 0 saturated heterocycles. The Bertz CT molecular complexity index is 1530. The molecule has 7 nitrogen and oxygen atoms in total. The lowest BCUT2D eigenvalue weighted by atomic mass is 10.1. The van der Waals surface area contributed by atoms with E-state index in [4.69, 9.17) is 0 Å². The van der Waals surface area contributed by atoms with Crippen molar-refractivity contribution in [2.24, 2.45) is 0 Å². The molecule has 0 spiro atoms. The van der Waals surface area contributed by atoms with E-state index in [9.17, 15) is 8.42 Å². The number of nitrogens with zero attached hydrogens (tertiary/aromatic N) is 3. The highest BCUT2D eigenvalue weighted by Crippen LogP contribution is 2.27. The van der Waals surface area contributed by atoms with Gasteiger partial charge < -0.3 is 5.32 Å². The molecule has 0 unspecified atom stereocenters. The Labute approximate surface area is 191 Å². The Morgan fingerprint density at radius 1 is 0.848 bits per heavy atom. The number of para-hydroxylation sites is 1. The van der Waals surface area contributed by atoms with Crippen LogP contribution in [0, 0.1) is 6.92 Å². The lowest BCUT2D eigenvalue weighted by Crippen LogP contribution is -2.15. The molecule has 164 valence electrons. The minimum Gasteiger partial charge on any atom is -0.355 e. The van der Waals surface area contributed by atoms with Gasteiger partial charge >= 0.3 is 0 Å². The lowest BCUT2D eigenvalue weighted by Gasteiger charge is -2.12. The molecule has 33 heavy (non-hydrogen) atoms. The molecule has 0 radical (unpaired) electrons. The molecule has 2 aromatic heterocycles. The zero-order valence-corrected chi connectivity index (χ0v) is 18.6. The van der Waals surface area contributed by atoms with Gasteiger partial charge in [0.15, 0.2) is 0 Å². The maximum atomic E-state index is 13.0. The molecule has 0 atom stereocenters. The highest BCUT2D eigenvalue weighted by molar-refractivity contribution is 7.92. The third-order valence-electron chi connectivity index (χ3n) is 5.22. The fourth-order valence-corrected chi connectivity index (χ4v) is 4.64. The molecule has 0 amide bonds. The van der Waals surface area contributed by atoms with Crippen molar-refractivity contribution < 1.29 is 8.42 Å². The standard InChI is InChI=1S/C25H21N5O2S/c1-18-7-12-23-22(17-18)24(13-15-26-23)28-19-8-10-21(11-9-19)33(31,32)29-25-14-16-27-30(25)20-5-3-2-4-6-20/h2-17,29H,1H3,(H,26,28). The maximum absolute atomic E-state index is 13.0. The summed E-state index contributed by atoms with van der Waals surface area (Å²) in [7, 11) is -3.79. The summed E-state index contributed by atoms with van der Waals surface area (Å²) in [6.07, 6.45) is 3.30. The average Bonchev–Trinajstić information content (AvgIpc) is 3.28. The molecule has 2 N–H and O–H groups in total. The molecule has 5 rings (SSSR count). The predicted molar refractivity (Wildman–Crippen MR) is 131 cm³/mol. The lowest BCUT2D eigenvalue weighted by molar-refractivity contribution is 0.600. The van der Waals surface area contributed by atoms with Crippen LogP contribution in [0.25, 0.3) is 16.6 Å². The van der Waals surface area contributed by atoms with Gasteiger partial charge in [-0.1, -0.05) is 29.8 Å². The van der Waals surface area contributed by atoms with Crippen LogP contribution in [0.4, 0.5) is 17.2 Å². The Hall–Kier alpha value is -4.17. The molecular formula is C25H21N5O2S. The number of hydrogen-bond acceptors (Lipinski definition) is 5. The minimum absolute atomic E-state index is 0.157. The molecular weight excluding hydrogens is 434 g/mol. The molecule has 0 aliphatic carbocycles. The van der Waals surface area contributed by atoms with E-state index in [1.54, 1.807) is 47.4 Å². The number of pyridine rings is 1. The smallest absolute Gasteiger partial charge is 0.263 e. The van der Waals surface area contributed by atoms with Crippen LogP contribution in [-0.4, -0.2) is 23.2 Å². The highest BCUT2D eigenvalue weighted by atomic mass is 32.2. The monoisotopic (exact) mass is 455 g/mol. The maximum Gasteiger partial charge on any atom is 0.263 e. The van der Waals surface area contributed by atoms with Crippen molar-refractivity contribution >= 4 is 38.1 Å². The first-order valence-corrected chi connectivity index (χ1v) is 11.8. The van der Waals surface area contributed by atoms with Gasteiger partial charge in [-0.15, -0.1) is 0 Å². The number of fused-ring (bicyclic) bond motifs is 1. The van der Waals surface area contributed by atoms with Crippen molar-refractivity contribution in [3.8, 4) is 5.69 Å². The summed E-state index contributed by atoms with van der Waals surface area (Å²) < 4.78 is 30.1. The zero-order valence-electron chi connectivity index (χ0n) is 17.8. The number of hydrogen-bond donors (Lipinski definition) is 2. The number of sulfonamides is 1. The molecule has 2 heterocycles. The van der Waals surface area contributed by atoms with Crippen molar-refractivity contribution in [1.29, 1.82) is 0 Å². The van der Waals surface area contributed by atoms with E-state index in [1.165, 1.54) is 0 Å². The summed E-state index contributed by atoms with van der Waals surface area (Å²) in [5.41, 5.74) is 4.48. The molecule has 0 fully saturated rings. The fraction of sp³-hybridized carbons (Fsp3) is 0.0400. The second kappa shape index (κ2) is 8.40. The second-order valence-electron chi connectivity index (χ2n) is 7.60. The highest BCUT2D eigenvalue weighted by Gasteiger charge is 2.17. The first-order chi connectivity index (χ1) is 16.0. The number of nitrogens with one attached hydrogen (secondary N) is 2. The van der Waals surface area contributed by atoms with Crippen LogP contribution < -0.4 is 10.0 Å². The summed E-state index contributed by atoms with van der Waals surface area (Å²) in [5.74, 6) is 0.363. The van der Waals surface area contributed by atoms with Crippen LogP contribution in [0.3, 0.4) is 0 Å². The van der Waals surface area contributed by atoms with Crippen molar-refractivity contribution in [2.75, 3.05) is 10.0 Å². The Balaban J connectivity index is 1.38. The van der Waals surface area contributed by atoms with Gasteiger partial charge in [-0.05, 0) is 61.5 Å². The van der Waals surface area contributed by atoms with E-state index in [-0.39, 0.29) is 4.90 Å². The number of benzene rings is 3. The summed E-state index contributed by atoms with van der Waals surface area (Å²) in [5, 5.41) is 8.60. The Morgan fingerprint density at radius 2 is 1.64 bits per heavy atom. The van der Waals surface area contributed by atoms with E-state index in [0.29, 0.717) is 5.82 Å². The first kappa shape index (κ1) is 20.7. The van der Waals surface area contributed by atoms with Crippen molar-refractivity contribution in [1.82, 2.24) is 14.8 Å². The van der Waals surface area contributed by atoms with Crippen LogP contribution in [0.1, 0.15) is 5.56 Å². The van der Waals surface area contributed by atoms with Crippen molar-refractivity contribution in [2.45, 2.75) is 11.8 Å². The van der Waals surface area contributed by atoms with E-state index in [1.807, 2.05) is 55.5 Å². The fourth-order valence-electron chi connectivity index (χ4n) is 3.59.